The van der Waals surface area contributed by atoms with Crippen LogP contribution < -0.4 is 0 Å². The average molecular weight is 318 g/mol. The third kappa shape index (κ3) is 5.76. The van der Waals surface area contributed by atoms with E-state index in [1.165, 1.54) is 24.0 Å². The van der Waals surface area contributed by atoms with E-state index in [2.05, 4.69) is 31.2 Å². The molecule has 0 amide bonds. The summed E-state index contributed by atoms with van der Waals surface area (Å²) in [5.74, 6) is 0. The van der Waals surface area contributed by atoms with Crippen molar-refractivity contribution in [2.45, 2.75) is 38.8 Å². The lowest BCUT2D eigenvalue weighted by Gasteiger charge is -2.07. The molecule has 0 saturated carbocycles. The fraction of sp³-hybridized carbons (Fsp3) is 0.333. The zero-order valence-corrected chi connectivity index (χ0v) is 13.8. The summed E-state index contributed by atoms with van der Waals surface area (Å²) in [4.78, 5) is 17.9. The molecule has 4 heteroatoms. The fourth-order valence-corrected chi connectivity index (χ4v) is 3.13. The molecule has 0 atom stereocenters. The molecule has 118 valence electrons. The summed E-state index contributed by atoms with van der Waals surface area (Å²) < 4.78 is 11.0. The Hall–Kier alpha value is -1.41. The van der Waals surface area contributed by atoms with Crippen molar-refractivity contribution >= 4 is 7.60 Å². The van der Waals surface area contributed by atoms with Gasteiger partial charge in [0.05, 0.1) is 6.16 Å². The van der Waals surface area contributed by atoms with Gasteiger partial charge in [-0.3, -0.25) is 4.57 Å². The second kappa shape index (κ2) is 7.73. The third-order valence-electron chi connectivity index (χ3n) is 3.66. The van der Waals surface area contributed by atoms with Gasteiger partial charge in [0.1, 0.15) is 0 Å². The molecule has 3 nitrogen and oxygen atoms in total. The van der Waals surface area contributed by atoms with Crippen molar-refractivity contribution in [2.24, 2.45) is 0 Å². The lowest BCUT2D eigenvalue weighted by molar-refractivity contribution is 0.371. The van der Waals surface area contributed by atoms with Crippen molar-refractivity contribution in [2.75, 3.05) is 0 Å². The van der Waals surface area contributed by atoms with Gasteiger partial charge >= 0.3 is 7.60 Å². The molecule has 0 unspecified atom stereocenters. The van der Waals surface area contributed by atoms with Crippen molar-refractivity contribution in [1.29, 1.82) is 0 Å². The Morgan fingerprint density at radius 2 is 1.27 bits per heavy atom. The minimum atomic E-state index is -3.98. The molecular weight excluding hydrogens is 295 g/mol. The number of rotatable bonds is 7. The van der Waals surface area contributed by atoms with Gasteiger partial charge in [0.25, 0.3) is 0 Å². The van der Waals surface area contributed by atoms with Gasteiger partial charge in [-0.2, -0.15) is 0 Å². The van der Waals surface area contributed by atoms with Crippen LogP contribution in [0.4, 0.5) is 0 Å². The molecule has 2 aromatic carbocycles. The van der Waals surface area contributed by atoms with Gasteiger partial charge in [0.2, 0.25) is 0 Å². The van der Waals surface area contributed by atoms with Crippen molar-refractivity contribution in [1.82, 2.24) is 0 Å². The van der Waals surface area contributed by atoms with Crippen molar-refractivity contribution in [3.63, 3.8) is 0 Å². The maximum Gasteiger partial charge on any atom is 0.329 e. The monoisotopic (exact) mass is 318 g/mol. The van der Waals surface area contributed by atoms with Crippen LogP contribution in [0.3, 0.4) is 0 Å². The van der Waals surface area contributed by atoms with E-state index >= 15 is 0 Å². The van der Waals surface area contributed by atoms with Crippen LogP contribution in [0, 0.1) is 0 Å². The number of hydrogen-bond acceptors (Lipinski definition) is 1. The van der Waals surface area contributed by atoms with Crippen LogP contribution in [0.5, 0.6) is 0 Å². The minimum absolute atomic E-state index is 0.195. The lowest BCUT2D eigenvalue weighted by Crippen LogP contribution is -1.92. The topological polar surface area (TPSA) is 57.5 Å². The van der Waals surface area contributed by atoms with E-state index in [0.717, 1.165) is 18.4 Å². The highest BCUT2D eigenvalue weighted by Crippen LogP contribution is 2.38. The smallest absolute Gasteiger partial charge is 0.324 e. The Labute approximate surface area is 132 Å². The molecule has 2 rings (SSSR count). The molecule has 0 saturated heterocycles. The Kier molecular flexibility index (Phi) is 5.96. The van der Waals surface area contributed by atoms with Gasteiger partial charge in [-0.1, -0.05) is 61.9 Å². The molecule has 22 heavy (non-hydrogen) atoms. The standard InChI is InChI=1S/C18H23O3P/c1-2-3-4-15-5-7-16(8-6-15)13-17-9-11-18(12-10-17)14-22(19,20)21/h5-12H,2-4,13-14H2,1H3,(H2,19,20,21). The summed E-state index contributed by atoms with van der Waals surface area (Å²) in [6, 6.07) is 16.2. The molecule has 0 aliphatic heterocycles. The Bertz CT molecular complexity index is 626. The van der Waals surface area contributed by atoms with Crippen molar-refractivity contribution in [3.8, 4) is 0 Å². The highest BCUT2D eigenvalue weighted by molar-refractivity contribution is 7.50. The molecule has 0 aliphatic rings. The van der Waals surface area contributed by atoms with Crippen molar-refractivity contribution in [3.05, 3.63) is 70.8 Å². The minimum Gasteiger partial charge on any atom is -0.324 e. The SMILES string of the molecule is CCCCc1ccc(Cc2ccc(CP(=O)(O)O)cc2)cc1. The molecule has 2 N–H and O–H groups in total. The van der Waals surface area contributed by atoms with E-state index in [9.17, 15) is 4.57 Å². The van der Waals surface area contributed by atoms with Crippen LogP contribution in [0.25, 0.3) is 0 Å². The Balaban J connectivity index is 1.97. The average Bonchev–Trinajstić information content (AvgIpc) is 2.47. The van der Waals surface area contributed by atoms with Gasteiger partial charge < -0.3 is 9.79 Å². The molecule has 0 bridgehead atoms. The predicted octanol–water partition coefficient (Wildman–Crippen LogP) is 4.30. The lowest BCUT2D eigenvalue weighted by atomic mass is 10.0. The summed E-state index contributed by atoms with van der Waals surface area (Å²) in [6.07, 6.45) is 4.21. The number of hydrogen-bond donors (Lipinski definition) is 2. The van der Waals surface area contributed by atoms with Gasteiger partial charge in [-0.05, 0) is 41.5 Å². The molecule has 0 spiro atoms. The highest BCUT2D eigenvalue weighted by Gasteiger charge is 2.13. The molecule has 0 radical (unpaired) electrons. The first kappa shape index (κ1) is 17.0. The Morgan fingerprint density at radius 3 is 1.73 bits per heavy atom. The number of unbranched alkanes of at least 4 members (excludes halogenated alkanes) is 1. The molecular formula is C18H23O3P. The number of benzene rings is 2. The first-order valence-electron chi connectivity index (χ1n) is 7.66. The molecule has 0 aliphatic carbocycles. The summed E-state index contributed by atoms with van der Waals surface area (Å²) in [5.41, 5.74) is 4.45. The first-order valence-corrected chi connectivity index (χ1v) is 9.46. The van der Waals surface area contributed by atoms with Crippen LogP contribution in [0.1, 0.15) is 42.0 Å². The van der Waals surface area contributed by atoms with E-state index < -0.39 is 7.60 Å². The maximum absolute atomic E-state index is 11.0. The third-order valence-corrected chi connectivity index (χ3v) is 4.44. The van der Waals surface area contributed by atoms with Gasteiger partial charge in [-0.15, -0.1) is 0 Å². The Morgan fingerprint density at radius 1 is 0.818 bits per heavy atom. The summed E-state index contributed by atoms with van der Waals surface area (Å²) >= 11 is 0. The molecule has 0 aromatic heterocycles. The van der Waals surface area contributed by atoms with E-state index in [-0.39, 0.29) is 6.16 Å². The zero-order valence-electron chi connectivity index (χ0n) is 12.9. The van der Waals surface area contributed by atoms with E-state index in [0.29, 0.717) is 5.56 Å². The number of aryl methyl sites for hydroxylation is 1. The zero-order chi connectivity index (χ0) is 16.0. The second-order valence-electron chi connectivity index (χ2n) is 5.74. The summed E-state index contributed by atoms with van der Waals surface area (Å²) in [6.45, 7) is 2.20. The van der Waals surface area contributed by atoms with E-state index in [1.54, 1.807) is 12.1 Å². The van der Waals surface area contributed by atoms with Crippen molar-refractivity contribution < 1.29 is 14.4 Å². The second-order valence-corrected chi connectivity index (χ2v) is 7.38. The van der Waals surface area contributed by atoms with E-state index in [4.69, 9.17) is 9.79 Å². The van der Waals surface area contributed by atoms with Crippen LogP contribution in [0.15, 0.2) is 48.5 Å². The highest BCUT2D eigenvalue weighted by atomic mass is 31.2. The fourth-order valence-electron chi connectivity index (χ4n) is 2.44. The van der Waals surface area contributed by atoms with Crippen LogP contribution >= 0.6 is 7.60 Å². The van der Waals surface area contributed by atoms with Gasteiger partial charge in [-0.25, -0.2) is 0 Å². The largest absolute Gasteiger partial charge is 0.329 e. The summed E-state index contributed by atoms with van der Waals surface area (Å²) in [5, 5.41) is 0. The van der Waals surface area contributed by atoms with E-state index in [1.807, 2.05) is 12.1 Å². The van der Waals surface area contributed by atoms with Crippen LogP contribution in [-0.2, 0) is 23.6 Å². The quantitative estimate of drug-likeness (QED) is 0.748. The van der Waals surface area contributed by atoms with Gasteiger partial charge in [0.15, 0.2) is 0 Å². The maximum atomic E-state index is 11.0. The molecule has 0 fully saturated rings. The van der Waals surface area contributed by atoms with Crippen LogP contribution in [-0.4, -0.2) is 9.79 Å². The summed E-state index contributed by atoms with van der Waals surface area (Å²) in [7, 11) is -3.98. The molecule has 0 heterocycles. The molecule has 2 aromatic rings. The normalized spacial score (nSPS) is 11.6. The van der Waals surface area contributed by atoms with Crippen LogP contribution in [0.2, 0.25) is 0 Å². The van der Waals surface area contributed by atoms with Gasteiger partial charge in [0, 0.05) is 0 Å². The first-order chi connectivity index (χ1) is 10.5. The predicted molar refractivity (Wildman–Crippen MR) is 90.1 cm³/mol.